The highest BCUT2D eigenvalue weighted by atomic mass is 32.1. The maximum Gasteiger partial charge on any atom is 0.196 e. The average Bonchev–Trinajstić information content (AvgIpc) is 3.20. The van der Waals surface area contributed by atoms with E-state index < -0.39 is 6.85 Å². The second-order valence-electron chi connectivity index (χ2n) is 7.24. The third-order valence-corrected chi connectivity index (χ3v) is 6.96. The van der Waals surface area contributed by atoms with E-state index in [0.29, 0.717) is 18.2 Å². The fourth-order valence-corrected chi connectivity index (χ4v) is 5.55. The summed E-state index contributed by atoms with van der Waals surface area (Å²) in [6.45, 7) is 1.02. The Morgan fingerprint density at radius 3 is 3.29 bits per heavy atom. The van der Waals surface area contributed by atoms with E-state index in [1.165, 1.54) is 27.2 Å². The molecule has 3 atom stereocenters. The summed E-state index contributed by atoms with van der Waals surface area (Å²) >= 11 is 1.85. The number of aliphatic imine (C=N–C) groups is 1. The lowest BCUT2D eigenvalue weighted by atomic mass is 9.82. The van der Waals surface area contributed by atoms with Crippen molar-refractivity contribution in [1.29, 1.82) is 0 Å². The lowest BCUT2D eigenvalue weighted by molar-refractivity contribution is 0.128. The van der Waals surface area contributed by atoms with E-state index >= 15 is 0 Å². The molecule has 0 saturated carbocycles. The van der Waals surface area contributed by atoms with Gasteiger partial charge in [0.25, 0.3) is 0 Å². The Morgan fingerprint density at radius 1 is 1.42 bits per heavy atom. The summed E-state index contributed by atoms with van der Waals surface area (Å²) in [5.74, 6) is 1.21. The van der Waals surface area contributed by atoms with Gasteiger partial charge in [-0.15, -0.1) is 11.3 Å². The minimum Gasteiger partial charge on any atom is -0.468 e. The number of nitrogens with zero attached hydrogens (tertiary/aromatic N) is 1. The number of ether oxygens (including phenoxy) is 1. The van der Waals surface area contributed by atoms with E-state index in [0.717, 1.165) is 38.0 Å². The van der Waals surface area contributed by atoms with Crippen LogP contribution in [0.5, 0.6) is 0 Å². The third-order valence-electron chi connectivity index (χ3n) is 5.82. The van der Waals surface area contributed by atoms with Gasteiger partial charge in [-0.25, -0.2) is 0 Å². The zero-order chi connectivity index (χ0) is 18.8. The first-order valence-corrected chi connectivity index (χ1v) is 9.76. The molecule has 1 N–H and O–H groups in total. The molecule has 5 rings (SSSR count). The molecule has 1 saturated heterocycles. The molecule has 126 valence electrons. The Morgan fingerprint density at radius 2 is 2.38 bits per heavy atom. The number of thiophene rings is 1. The zero-order valence-electron chi connectivity index (χ0n) is 16.9. The third kappa shape index (κ3) is 2.23. The molecule has 0 amide bonds. The van der Waals surface area contributed by atoms with Crippen molar-refractivity contribution >= 4 is 17.0 Å². The Labute approximate surface area is 151 Å². The van der Waals surface area contributed by atoms with Gasteiger partial charge in [0, 0.05) is 33.2 Å². The lowest BCUT2D eigenvalue weighted by Gasteiger charge is -2.29. The van der Waals surface area contributed by atoms with E-state index in [2.05, 4.69) is 28.7 Å². The average molecular weight is 344 g/mol. The van der Waals surface area contributed by atoms with Gasteiger partial charge in [0.1, 0.15) is 5.76 Å². The molecule has 1 aromatic heterocycles. The summed E-state index contributed by atoms with van der Waals surface area (Å²) in [5.41, 5.74) is 5.82. The van der Waals surface area contributed by atoms with Crippen molar-refractivity contribution in [2.24, 2.45) is 10.9 Å². The van der Waals surface area contributed by atoms with Crippen LogP contribution in [-0.4, -0.2) is 18.0 Å². The van der Waals surface area contributed by atoms with Crippen LogP contribution in [0.25, 0.3) is 0 Å². The number of hydrogen-bond donors (Lipinski definition) is 1. The van der Waals surface area contributed by atoms with E-state index in [-0.39, 0.29) is 12.1 Å². The molecule has 0 radical (unpaired) electrons. The van der Waals surface area contributed by atoms with E-state index in [4.69, 9.17) is 8.85 Å². The second-order valence-corrected chi connectivity index (χ2v) is 8.20. The molecule has 2 unspecified atom stereocenters. The Bertz CT molecular complexity index is 880. The van der Waals surface area contributed by atoms with Gasteiger partial charge in [0.05, 0.1) is 0 Å². The predicted molar refractivity (Wildman–Crippen MR) is 98.4 cm³/mol. The van der Waals surface area contributed by atoms with Gasteiger partial charge in [0.15, 0.2) is 6.23 Å². The number of aryl methyl sites for hydroxylation is 1. The molecule has 4 heteroatoms. The predicted octanol–water partition coefficient (Wildman–Crippen LogP) is 4.27. The van der Waals surface area contributed by atoms with Crippen molar-refractivity contribution in [2.45, 2.75) is 64.7 Å². The summed E-state index contributed by atoms with van der Waals surface area (Å²) in [6, 6.07) is 0.302. The van der Waals surface area contributed by atoms with Gasteiger partial charge in [-0.05, 0) is 73.5 Å². The van der Waals surface area contributed by atoms with Crippen LogP contribution in [-0.2, 0) is 17.7 Å². The number of nitrogens with one attached hydrogen (secondary N) is 1. The van der Waals surface area contributed by atoms with Gasteiger partial charge in [-0.3, -0.25) is 4.99 Å². The smallest absolute Gasteiger partial charge is 0.196 e. The molecule has 24 heavy (non-hydrogen) atoms. The highest BCUT2D eigenvalue weighted by molar-refractivity contribution is 7.10. The molecule has 4 aliphatic rings. The molecule has 1 aliphatic carbocycles. The fourth-order valence-electron chi connectivity index (χ4n) is 4.54. The van der Waals surface area contributed by atoms with Crippen LogP contribution in [0.4, 0.5) is 0 Å². The van der Waals surface area contributed by atoms with Crippen LogP contribution in [0.15, 0.2) is 33.4 Å². The first-order chi connectivity index (χ1) is 12.9. The maximum absolute atomic E-state index is 7.67. The molecular weight excluding hydrogens is 316 g/mol. The lowest BCUT2D eigenvalue weighted by Crippen LogP contribution is -2.37. The first kappa shape index (κ1) is 12.0. The Hall–Kier alpha value is -1.39. The minimum atomic E-state index is -2.11. The minimum absolute atomic E-state index is 0.212. The summed E-state index contributed by atoms with van der Waals surface area (Å²) in [5, 5.41) is 5.96. The molecular formula is C20H24N2OS. The molecule has 1 aromatic rings. The highest BCUT2D eigenvalue weighted by Gasteiger charge is 2.42. The number of rotatable bonds is 1. The fraction of sp³-hybridized carbons (Fsp3) is 0.550. The van der Waals surface area contributed by atoms with Crippen molar-refractivity contribution < 1.29 is 8.85 Å². The Balaban J connectivity index is 1.47. The van der Waals surface area contributed by atoms with Gasteiger partial charge >= 0.3 is 0 Å². The van der Waals surface area contributed by atoms with Gasteiger partial charge in [-0.2, -0.15) is 0 Å². The number of fused-ring (bicyclic) bond motifs is 4. The van der Waals surface area contributed by atoms with Crippen molar-refractivity contribution in [3.8, 4) is 0 Å². The Kier molecular flexibility index (Phi) is 2.79. The van der Waals surface area contributed by atoms with Gasteiger partial charge in [-0.1, -0.05) is 6.08 Å². The summed E-state index contributed by atoms with van der Waals surface area (Å²) < 4.78 is 29.3. The van der Waals surface area contributed by atoms with Crippen LogP contribution in [0.2, 0.25) is 0 Å². The second kappa shape index (κ2) is 5.57. The molecule has 0 bridgehead atoms. The van der Waals surface area contributed by atoms with Crippen molar-refractivity contribution in [3.05, 3.63) is 44.4 Å². The van der Waals surface area contributed by atoms with Crippen LogP contribution in [0, 0.1) is 12.8 Å². The number of hydrogen-bond acceptors (Lipinski definition) is 4. The van der Waals surface area contributed by atoms with Crippen molar-refractivity contribution in [1.82, 2.24) is 5.32 Å². The molecule has 0 spiro atoms. The monoisotopic (exact) mass is 343 g/mol. The quantitative estimate of drug-likeness (QED) is 0.826. The molecule has 3 nitrogen and oxygen atoms in total. The van der Waals surface area contributed by atoms with E-state index in [9.17, 15) is 0 Å². The van der Waals surface area contributed by atoms with E-state index in [1.807, 2.05) is 11.3 Å². The molecule has 4 heterocycles. The summed E-state index contributed by atoms with van der Waals surface area (Å²) in [4.78, 5) is 5.95. The number of allylic oxidation sites excluding steroid dienone is 2. The highest BCUT2D eigenvalue weighted by Crippen LogP contribution is 2.46. The van der Waals surface area contributed by atoms with Gasteiger partial charge < -0.3 is 10.1 Å². The largest absolute Gasteiger partial charge is 0.468 e. The summed E-state index contributed by atoms with van der Waals surface area (Å²) in [7, 11) is 0. The molecule has 3 aliphatic heterocycles. The van der Waals surface area contributed by atoms with Crippen LogP contribution >= 0.6 is 11.3 Å². The molecule has 0 aromatic carbocycles. The first-order valence-electron chi connectivity index (χ1n) is 10.4. The van der Waals surface area contributed by atoms with Gasteiger partial charge in [0.2, 0.25) is 0 Å². The van der Waals surface area contributed by atoms with Crippen molar-refractivity contribution in [3.63, 3.8) is 0 Å². The van der Waals surface area contributed by atoms with Crippen LogP contribution in [0.3, 0.4) is 0 Å². The van der Waals surface area contributed by atoms with Crippen molar-refractivity contribution in [2.75, 3.05) is 0 Å². The van der Waals surface area contributed by atoms with E-state index in [1.54, 1.807) is 0 Å². The van der Waals surface area contributed by atoms with Crippen LogP contribution < -0.4 is 5.32 Å². The SMILES string of the molecule is [2H]C([2H])([2H])C1=NC2OC3=C([C@H]4Cc5c(C)csc5CN4)CCC=C3C2CC1. The standard InChI is InChI=1S/C20H24N2OS/c1-11-10-24-18-9-21-17(8-16(11)18)15-5-3-4-13-14-7-6-12(2)22-20(14)23-19(13)15/h4,10,14,17,20-21H,3,5-9H2,1-2H3/t14?,17-,20?/m1/s1/i2D3. The summed E-state index contributed by atoms with van der Waals surface area (Å²) in [6.07, 6.45) is 6.35. The maximum atomic E-state index is 7.67. The normalized spacial score (nSPS) is 34.0. The molecule has 1 fully saturated rings. The topological polar surface area (TPSA) is 33.6 Å². The zero-order valence-corrected chi connectivity index (χ0v) is 14.7. The van der Waals surface area contributed by atoms with Crippen LogP contribution in [0.1, 0.15) is 52.7 Å².